The molecule has 0 bridgehead atoms. The molecule has 2 aromatic rings. The van der Waals surface area contributed by atoms with Gasteiger partial charge in [0.1, 0.15) is 9.21 Å². The Morgan fingerprint density at radius 1 is 1.33 bits per heavy atom. The molecule has 0 fully saturated rings. The monoisotopic (exact) mass is 348 g/mol. The van der Waals surface area contributed by atoms with Gasteiger partial charge < -0.3 is 0 Å². The van der Waals surface area contributed by atoms with Gasteiger partial charge in [-0.3, -0.25) is 4.68 Å². The van der Waals surface area contributed by atoms with Crippen LogP contribution < -0.4 is 0 Å². The highest BCUT2D eigenvalue weighted by Crippen LogP contribution is 2.21. The number of halogens is 2. The fraction of sp³-hybridized carbons (Fsp3) is 0.300. The van der Waals surface area contributed by atoms with Crippen LogP contribution in [-0.4, -0.2) is 9.78 Å². The molecule has 0 unspecified atom stereocenters. The summed E-state index contributed by atoms with van der Waals surface area (Å²) in [5.41, 5.74) is 0. The molecule has 2 rings (SSSR count). The maximum absolute atomic E-state index is 4.33. The van der Waals surface area contributed by atoms with Crippen molar-refractivity contribution in [3.05, 3.63) is 37.2 Å². The Hall–Kier alpha value is -0.130. The van der Waals surface area contributed by atoms with E-state index in [4.69, 9.17) is 0 Å². The summed E-state index contributed by atoms with van der Waals surface area (Å²) in [6.07, 6.45) is 1.11. The Morgan fingerprint density at radius 3 is 2.60 bits per heavy atom. The fourth-order valence-electron chi connectivity index (χ4n) is 1.32. The van der Waals surface area contributed by atoms with E-state index in [0.29, 0.717) is 0 Å². The topological polar surface area (TPSA) is 17.8 Å². The summed E-state index contributed by atoms with van der Waals surface area (Å²) in [6.45, 7) is 3.01. The molecule has 0 amide bonds. The lowest BCUT2D eigenvalue weighted by molar-refractivity contribution is 0.674. The molecule has 2 nitrogen and oxygen atoms in total. The second-order valence-electron chi connectivity index (χ2n) is 3.17. The summed E-state index contributed by atoms with van der Waals surface area (Å²) >= 11 is 8.68. The average Bonchev–Trinajstić information content (AvgIpc) is 2.75. The van der Waals surface area contributed by atoms with E-state index in [2.05, 4.69) is 56.0 Å². The van der Waals surface area contributed by atoms with Crippen molar-refractivity contribution in [3.63, 3.8) is 0 Å². The van der Waals surface area contributed by atoms with E-state index >= 15 is 0 Å². The van der Waals surface area contributed by atoms with Crippen molar-refractivity contribution in [2.45, 2.75) is 19.9 Å². The molecule has 0 aromatic carbocycles. The van der Waals surface area contributed by atoms with Crippen LogP contribution in [-0.2, 0) is 13.0 Å². The summed E-state index contributed by atoms with van der Waals surface area (Å²) in [5.74, 6) is 0. The summed E-state index contributed by atoms with van der Waals surface area (Å²) in [6, 6.07) is 6.31. The van der Waals surface area contributed by atoms with E-state index < -0.39 is 0 Å². The van der Waals surface area contributed by atoms with Crippen molar-refractivity contribution >= 4 is 43.2 Å². The van der Waals surface area contributed by atoms with Gasteiger partial charge in [-0.25, -0.2) is 0 Å². The minimum atomic E-state index is 0.830. The van der Waals surface area contributed by atoms with Gasteiger partial charge in [0.15, 0.2) is 0 Å². The molecular weight excluding hydrogens is 340 g/mol. The molecule has 0 saturated carbocycles. The molecule has 5 heteroatoms. The number of thiophene rings is 1. The normalized spacial score (nSPS) is 10.9. The Labute approximate surface area is 110 Å². The molecule has 80 valence electrons. The van der Waals surface area contributed by atoms with Crippen molar-refractivity contribution in [3.8, 4) is 0 Å². The van der Waals surface area contributed by atoms with Gasteiger partial charge in [0.05, 0.1) is 6.54 Å². The van der Waals surface area contributed by atoms with Crippen LogP contribution in [0, 0.1) is 0 Å². The van der Waals surface area contributed by atoms with Crippen molar-refractivity contribution < 1.29 is 0 Å². The largest absolute Gasteiger partial charge is 0.252 e. The summed E-state index contributed by atoms with van der Waals surface area (Å²) in [5, 5.41) is 4.33. The van der Waals surface area contributed by atoms with Crippen molar-refractivity contribution in [1.29, 1.82) is 0 Å². The van der Waals surface area contributed by atoms with Gasteiger partial charge in [-0.2, -0.15) is 5.10 Å². The van der Waals surface area contributed by atoms with Crippen LogP contribution in [0.1, 0.15) is 16.7 Å². The zero-order chi connectivity index (χ0) is 10.8. The highest BCUT2D eigenvalue weighted by atomic mass is 79.9. The summed E-state index contributed by atoms with van der Waals surface area (Å²) in [7, 11) is 0. The van der Waals surface area contributed by atoms with Crippen LogP contribution in [0.4, 0.5) is 0 Å². The molecule has 2 aromatic heterocycles. The lowest BCUT2D eigenvalue weighted by Crippen LogP contribution is -1.99. The first kappa shape index (κ1) is 11.4. The Morgan fingerprint density at radius 2 is 2.07 bits per heavy atom. The van der Waals surface area contributed by atoms with E-state index in [9.17, 15) is 0 Å². The van der Waals surface area contributed by atoms with Crippen LogP contribution >= 0.6 is 43.2 Å². The van der Waals surface area contributed by atoms with E-state index in [1.807, 2.05) is 22.1 Å². The van der Waals surface area contributed by atoms with Gasteiger partial charge in [0.25, 0.3) is 0 Å². The number of nitrogens with zero attached hydrogens (tertiary/aromatic N) is 2. The molecule has 0 saturated heterocycles. The molecule has 0 atom stereocenters. The average molecular weight is 350 g/mol. The molecule has 0 aliphatic carbocycles. The SMILES string of the molecule is CCc1ccc(Cn2nc(Br)cc2Br)s1. The van der Waals surface area contributed by atoms with Crippen molar-refractivity contribution in [1.82, 2.24) is 9.78 Å². The molecular formula is C10H10Br2N2S. The lowest BCUT2D eigenvalue weighted by Gasteiger charge is -1.99. The predicted octanol–water partition coefficient (Wildman–Crippen LogP) is 4.08. The Balaban J connectivity index is 2.17. The van der Waals surface area contributed by atoms with Gasteiger partial charge in [0.2, 0.25) is 0 Å². The maximum atomic E-state index is 4.33. The second kappa shape index (κ2) is 4.80. The third kappa shape index (κ3) is 2.71. The van der Waals surface area contributed by atoms with Crippen molar-refractivity contribution in [2.24, 2.45) is 0 Å². The van der Waals surface area contributed by atoms with E-state index in [1.54, 1.807) is 0 Å². The molecule has 0 aliphatic rings. The number of hydrogen-bond acceptors (Lipinski definition) is 2. The number of rotatable bonds is 3. The highest BCUT2D eigenvalue weighted by Gasteiger charge is 2.05. The second-order valence-corrected chi connectivity index (χ2v) is 6.05. The first-order valence-electron chi connectivity index (χ1n) is 4.65. The third-order valence-corrected chi connectivity index (χ3v) is 4.31. The van der Waals surface area contributed by atoms with Gasteiger partial charge in [-0.05, 0) is 50.4 Å². The van der Waals surface area contributed by atoms with Crippen molar-refractivity contribution in [2.75, 3.05) is 0 Å². The minimum Gasteiger partial charge on any atom is -0.252 e. The van der Waals surface area contributed by atoms with Gasteiger partial charge in [-0.1, -0.05) is 6.92 Å². The Bertz CT molecular complexity index is 462. The van der Waals surface area contributed by atoms with E-state index in [1.165, 1.54) is 9.75 Å². The summed E-state index contributed by atoms with van der Waals surface area (Å²) in [4.78, 5) is 2.76. The predicted molar refractivity (Wildman–Crippen MR) is 70.4 cm³/mol. The fourth-order valence-corrected chi connectivity index (χ4v) is 3.40. The Kier molecular flexibility index (Phi) is 3.64. The van der Waals surface area contributed by atoms with Crippen LogP contribution in [0.15, 0.2) is 27.4 Å². The van der Waals surface area contributed by atoms with Crippen LogP contribution in [0.25, 0.3) is 0 Å². The maximum Gasteiger partial charge on any atom is 0.129 e. The molecule has 15 heavy (non-hydrogen) atoms. The zero-order valence-electron chi connectivity index (χ0n) is 8.20. The van der Waals surface area contributed by atoms with Gasteiger partial charge in [-0.15, -0.1) is 11.3 Å². The minimum absolute atomic E-state index is 0.830. The lowest BCUT2D eigenvalue weighted by atomic mass is 10.4. The molecule has 0 spiro atoms. The van der Waals surface area contributed by atoms with Gasteiger partial charge in [0, 0.05) is 15.8 Å². The molecule has 2 heterocycles. The van der Waals surface area contributed by atoms with Crippen LogP contribution in [0.2, 0.25) is 0 Å². The first-order valence-corrected chi connectivity index (χ1v) is 7.05. The zero-order valence-corrected chi connectivity index (χ0v) is 12.2. The van der Waals surface area contributed by atoms with Crippen LogP contribution in [0.3, 0.4) is 0 Å². The van der Waals surface area contributed by atoms with E-state index in [-0.39, 0.29) is 0 Å². The molecule has 0 aliphatic heterocycles. The first-order chi connectivity index (χ1) is 7.19. The molecule has 0 N–H and O–H groups in total. The number of hydrogen-bond donors (Lipinski definition) is 0. The van der Waals surface area contributed by atoms with Gasteiger partial charge >= 0.3 is 0 Å². The smallest absolute Gasteiger partial charge is 0.129 e. The number of aryl methyl sites for hydroxylation is 1. The highest BCUT2D eigenvalue weighted by molar-refractivity contribution is 9.11. The van der Waals surface area contributed by atoms with Crippen LogP contribution in [0.5, 0.6) is 0 Å². The standard InChI is InChI=1S/C10H10Br2N2S/c1-2-7-3-4-8(15-7)6-14-10(12)5-9(11)13-14/h3-5H,2,6H2,1H3. The molecule has 0 radical (unpaired) electrons. The third-order valence-electron chi connectivity index (χ3n) is 2.07. The summed E-state index contributed by atoms with van der Waals surface area (Å²) < 4.78 is 3.80. The quantitative estimate of drug-likeness (QED) is 0.816. The van der Waals surface area contributed by atoms with E-state index in [0.717, 1.165) is 22.2 Å². The number of aromatic nitrogens is 2.